The van der Waals surface area contributed by atoms with Crippen molar-refractivity contribution in [2.24, 2.45) is 5.73 Å². The first kappa shape index (κ1) is 6.95. The van der Waals surface area contributed by atoms with Crippen LogP contribution in [0.4, 0.5) is 0 Å². The van der Waals surface area contributed by atoms with Gasteiger partial charge in [-0.15, -0.1) is 0 Å². The second kappa shape index (κ2) is 3.12. The van der Waals surface area contributed by atoms with Crippen LogP contribution in [-0.4, -0.2) is 22.3 Å². The van der Waals surface area contributed by atoms with Crippen LogP contribution in [0.1, 0.15) is 5.69 Å². The summed E-state index contributed by atoms with van der Waals surface area (Å²) in [4.78, 5) is 16.6. The Labute approximate surface area is 58.5 Å². The summed E-state index contributed by atoms with van der Waals surface area (Å²) in [7, 11) is 0. The van der Waals surface area contributed by atoms with Gasteiger partial charge in [-0.3, -0.25) is 4.79 Å². The average Bonchev–Trinajstić information content (AvgIpc) is 2.40. The van der Waals surface area contributed by atoms with Gasteiger partial charge in [-0.25, -0.2) is 4.98 Å². The van der Waals surface area contributed by atoms with Gasteiger partial charge in [0.15, 0.2) is 0 Å². The zero-order valence-corrected chi connectivity index (χ0v) is 5.37. The molecule has 10 heavy (non-hydrogen) atoms. The third-order valence-corrected chi connectivity index (χ3v) is 1.14. The molecule has 0 saturated heterocycles. The molecule has 53 valence electrons. The number of aromatic amines is 1. The summed E-state index contributed by atoms with van der Waals surface area (Å²) in [5.74, 6) is 0. The standard InChI is InChI=1S/C6H8N3O/c7-5(3-10)1-6-2-8-4-9-6/h2,4-5H,1,7H2,(H,8,9)/t5-/m0/s1. The average molecular weight is 138 g/mol. The summed E-state index contributed by atoms with van der Waals surface area (Å²) >= 11 is 0. The van der Waals surface area contributed by atoms with E-state index in [9.17, 15) is 4.79 Å². The zero-order valence-electron chi connectivity index (χ0n) is 5.37. The van der Waals surface area contributed by atoms with Crippen LogP contribution >= 0.6 is 0 Å². The van der Waals surface area contributed by atoms with Crippen LogP contribution < -0.4 is 5.73 Å². The topological polar surface area (TPSA) is 71.8 Å². The molecule has 3 N–H and O–H groups in total. The Morgan fingerprint density at radius 2 is 2.70 bits per heavy atom. The minimum absolute atomic E-state index is 0.451. The van der Waals surface area contributed by atoms with E-state index in [1.165, 1.54) is 0 Å². The summed E-state index contributed by atoms with van der Waals surface area (Å²) in [5, 5.41) is 0. The van der Waals surface area contributed by atoms with E-state index in [-0.39, 0.29) is 0 Å². The van der Waals surface area contributed by atoms with E-state index in [2.05, 4.69) is 9.97 Å². The van der Waals surface area contributed by atoms with Gasteiger partial charge >= 0.3 is 0 Å². The molecule has 1 radical (unpaired) electrons. The fourth-order valence-corrected chi connectivity index (χ4v) is 0.670. The first-order valence-corrected chi connectivity index (χ1v) is 2.94. The molecular weight excluding hydrogens is 130 g/mol. The second-order valence-electron chi connectivity index (χ2n) is 1.99. The van der Waals surface area contributed by atoms with Crippen LogP contribution in [0, 0.1) is 0 Å². The van der Waals surface area contributed by atoms with E-state index in [1.54, 1.807) is 18.8 Å². The Balaban J connectivity index is 2.47. The Bertz CT molecular complexity index is 195. The highest BCUT2D eigenvalue weighted by Gasteiger charge is 2.03. The predicted octanol–water partition coefficient (Wildman–Crippen LogP) is -0.611. The zero-order chi connectivity index (χ0) is 7.40. The van der Waals surface area contributed by atoms with Gasteiger partial charge < -0.3 is 10.7 Å². The molecule has 1 atom stereocenters. The molecule has 0 aliphatic carbocycles. The monoisotopic (exact) mass is 138 g/mol. The molecule has 0 saturated carbocycles. The van der Waals surface area contributed by atoms with Crippen molar-refractivity contribution in [1.82, 2.24) is 9.97 Å². The minimum Gasteiger partial charge on any atom is -0.351 e. The van der Waals surface area contributed by atoms with E-state index >= 15 is 0 Å². The van der Waals surface area contributed by atoms with Gasteiger partial charge in [0, 0.05) is 12.6 Å². The third-order valence-electron chi connectivity index (χ3n) is 1.14. The maximum atomic E-state index is 9.94. The number of carbonyl (C=O) groups excluding carboxylic acids is 1. The highest BCUT2D eigenvalue weighted by molar-refractivity contribution is 5.58. The van der Waals surface area contributed by atoms with Gasteiger partial charge in [0.1, 0.15) is 0 Å². The fourth-order valence-electron chi connectivity index (χ4n) is 0.670. The molecular formula is C6H8N3O. The molecule has 4 heteroatoms. The summed E-state index contributed by atoms with van der Waals surface area (Å²) in [6.45, 7) is 0. The Hall–Kier alpha value is -1.16. The highest BCUT2D eigenvalue weighted by Crippen LogP contribution is 1.93. The molecule has 1 rings (SSSR count). The van der Waals surface area contributed by atoms with Gasteiger partial charge in [-0.05, 0) is 0 Å². The number of H-pyrrole nitrogens is 1. The lowest BCUT2D eigenvalue weighted by atomic mass is 10.2. The van der Waals surface area contributed by atoms with Crippen LogP contribution in [0.5, 0.6) is 0 Å². The van der Waals surface area contributed by atoms with Crippen LogP contribution in [0.25, 0.3) is 0 Å². The number of nitrogens with zero attached hydrogens (tertiary/aromatic N) is 1. The van der Waals surface area contributed by atoms with E-state index in [0.29, 0.717) is 6.42 Å². The first-order chi connectivity index (χ1) is 4.83. The third kappa shape index (κ3) is 1.66. The predicted molar refractivity (Wildman–Crippen MR) is 36.0 cm³/mol. The number of rotatable bonds is 3. The first-order valence-electron chi connectivity index (χ1n) is 2.94. The van der Waals surface area contributed by atoms with Gasteiger partial charge in [-0.2, -0.15) is 0 Å². The van der Waals surface area contributed by atoms with Crippen molar-refractivity contribution >= 4 is 6.29 Å². The smallest absolute Gasteiger partial charge is 0.217 e. The Morgan fingerprint density at radius 1 is 1.90 bits per heavy atom. The van der Waals surface area contributed by atoms with E-state index in [1.807, 2.05) is 0 Å². The molecule has 0 aromatic carbocycles. The largest absolute Gasteiger partial charge is 0.351 e. The lowest BCUT2D eigenvalue weighted by Gasteiger charge is -1.96. The summed E-state index contributed by atoms with van der Waals surface area (Å²) < 4.78 is 0. The van der Waals surface area contributed by atoms with Crippen LogP contribution in [-0.2, 0) is 11.2 Å². The van der Waals surface area contributed by atoms with E-state index < -0.39 is 6.04 Å². The molecule has 0 spiro atoms. The maximum absolute atomic E-state index is 9.94. The summed E-state index contributed by atoms with van der Waals surface area (Å²) in [6, 6.07) is -0.553. The lowest BCUT2D eigenvalue weighted by Crippen LogP contribution is -2.24. The molecule has 1 heterocycles. The minimum atomic E-state index is -0.553. The lowest BCUT2D eigenvalue weighted by molar-refractivity contribution is 0.540. The summed E-state index contributed by atoms with van der Waals surface area (Å²) in [5.41, 5.74) is 6.07. The SMILES string of the molecule is N[C@H]([C]=O)Cc1c[nH]cn1. The molecule has 0 aliphatic rings. The normalized spacial score (nSPS) is 12.9. The quantitative estimate of drug-likeness (QED) is 0.585. The van der Waals surface area contributed by atoms with Crippen LogP contribution in [0.3, 0.4) is 0 Å². The van der Waals surface area contributed by atoms with E-state index in [0.717, 1.165) is 5.69 Å². The molecule has 0 bridgehead atoms. The number of nitrogens with one attached hydrogen (secondary N) is 1. The van der Waals surface area contributed by atoms with Crippen molar-refractivity contribution in [2.45, 2.75) is 12.5 Å². The molecule has 0 unspecified atom stereocenters. The molecule has 0 aliphatic heterocycles. The molecule has 1 aromatic heterocycles. The van der Waals surface area contributed by atoms with Gasteiger partial charge in [0.2, 0.25) is 6.29 Å². The van der Waals surface area contributed by atoms with Crippen molar-refractivity contribution in [3.05, 3.63) is 18.2 Å². The molecule has 0 fully saturated rings. The van der Waals surface area contributed by atoms with Gasteiger partial charge in [0.05, 0.1) is 18.1 Å². The Kier molecular flexibility index (Phi) is 2.17. The van der Waals surface area contributed by atoms with E-state index in [4.69, 9.17) is 5.73 Å². The molecule has 1 aromatic rings. The van der Waals surface area contributed by atoms with Crippen LogP contribution in [0.2, 0.25) is 0 Å². The van der Waals surface area contributed by atoms with Crippen LogP contribution in [0.15, 0.2) is 12.5 Å². The molecule has 4 nitrogen and oxygen atoms in total. The highest BCUT2D eigenvalue weighted by atomic mass is 16.1. The number of hydrogen-bond donors (Lipinski definition) is 2. The number of hydrogen-bond acceptors (Lipinski definition) is 3. The van der Waals surface area contributed by atoms with Crippen molar-refractivity contribution in [3.63, 3.8) is 0 Å². The van der Waals surface area contributed by atoms with Gasteiger partial charge in [-0.1, -0.05) is 0 Å². The summed E-state index contributed by atoms with van der Waals surface area (Å²) in [6.07, 6.45) is 5.38. The Morgan fingerprint density at radius 3 is 3.20 bits per heavy atom. The number of imidazole rings is 1. The van der Waals surface area contributed by atoms with Crippen molar-refractivity contribution in [1.29, 1.82) is 0 Å². The maximum Gasteiger partial charge on any atom is 0.217 e. The fraction of sp³-hybridized carbons (Fsp3) is 0.333. The second-order valence-corrected chi connectivity index (χ2v) is 1.99. The molecule has 0 amide bonds. The van der Waals surface area contributed by atoms with Crippen molar-refractivity contribution in [2.75, 3.05) is 0 Å². The van der Waals surface area contributed by atoms with Gasteiger partial charge in [0.25, 0.3) is 0 Å². The number of nitrogens with two attached hydrogens (primary N) is 1. The number of aromatic nitrogens is 2. The van der Waals surface area contributed by atoms with Crippen molar-refractivity contribution < 1.29 is 4.79 Å². The van der Waals surface area contributed by atoms with Crippen molar-refractivity contribution in [3.8, 4) is 0 Å².